The van der Waals surface area contributed by atoms with E-state index in [1.165, 1.54) is 16.8 Å². The number of rotatable bonds is 0. The third kappa shape index (κ3) is 1.36. The summed E-state index contributed by atoms with van der Waals surface area (Å²) < 4.78 is 2.27. The minimum Gasteiger partial charge on any atom is -0.293 e. The Morgan fingerprint density at radius 3 is 2.88 bits per heavy atom. The normalized spacial score (nSPS) is 12.8. The standard InChI is InChI=1S/C20H12N4/c1-2-5-13-12(4-1)10-16-19(13)23-20-15-6-3-8-22-18(15)14-7-9-21-11-17(14)24(16)20/h1-9,11H,10H2. The fourth-order valence-electron chi connectivity index (χ4n) is 3.92. The van der Waals surface area contributed by atoms with Crippen LogP contribution in [-0.2, 0) is 6.42 Å². The maximum atomic E-state index is 5.01. The van der Waals surface area contributed by atoms with Gasteiger partial charge in [-0.25, -0.2) is 4.98 Å². The van der Waals surface area contributed by atoms with Gasteiger partial charge in [0.1, 0.15) is 5.65 Å². The highest BCUT2D eigenvalue weighted by Gasteiger charge is 2.26. The predicted octanol–water partition coefficient (Wildman–Crippen LogP) is 4.00. The molecule has 6 rings (SSSR count). The average molecular weight is 308 g/mol. The molecule has 1 aliphatic rings. The Morgan fingerprint density at radius 2 is 1.88 bits per heavy atom. The van der Waals surface area contributed by atoms with Crippen LogP contribution in [-0.4, -0.2) is 19.4 Å². The summed E-state index contributed by atoms with van der Waals surface area (Å²) in [5, 5.41) is 2.20. The van der Waals surface area contributed by atoms with Crippen molar-refractivity contribution in [2.24, 2.45) is 0 Å². The van der Waals surface area contributed by atoms with Crippen LogP contribution in [0.1, 0.15) is 11.3 Å². The Bertz CT molecular complexity index is 1280. The first-order chi connectivity index (χ1) is 11.9. The van der Waals surface area contributed by atoms with E-state index < -0.39 is 0 Å². The lowest BCUT2D eigenvalue weighted by Crippen LogP contribution is -1.97. The van der Waals surface area contributed by atoms with E-state index in [0.29, 0.717) is 0 Å². The van der Waals surface area contributed by atoms with Gasteiger partial charge in [0.05, 0.1) is 28.6 Å². The van der Waals surface area contributed by atoms with Crippen molar-refractivity contribution in [2.75, 3.05) is 0 Å². The third-order valence-corrected chi connectivity index (χ3v) is 4.95. The molecule has 24 heavy (non-hydrogen) atoms. The summed E-state index contributed by atoms with van der Waals surface area (Å²) in [5.74, 6) is 0. The molecule has 4 heterocycles. The van der Waals surface area contributed by atoms with E-state index in [1.54, 1.807) is 0 Å². The molecule has 0 amide bonds. The zero-order valence-electron chi connectivity index (χ0n) is 12.8. The Hall–Kier alpha value is -3.27. The molecule has 4 aromatic heterocycles. The molecule has 4 heteroatoms. The van der Waals surface area contributed by atoms with Gasteiger partial charge in [0.2, 0.25) is 0 Å². The molecule has 0 atom stereocenters. The second-order valence-corrected chi connectivity index (χ2v) is 6.19. The fraction of sp³-hybridized carbons (Fsp3) is 0.0500. The first-order valence-corrected chi connectivity index (χ1v) is 8.02. The van der Waals surface area contributed by atoms with Gasteiger partial charge in [-0.1, -0.05) is 24.3 Å². The van der Waals surface area contributed by atoms with Gasteiger partial charge in [-0.05, 0) is 23.8 Å². The molecule has 0 radical (unpaired) electrons. The van der Waals surface area contributed by atoms with Crippen molar-refractivity contribution in [3.63, 3.8) is 0 Å². The molecule has 0 fully saturated rings. The van der Waals surface area contributed by atoms with E-state index in [2.05, 4.69) is 44.7 Å². The number of fused-ring (bicyclic) bond motifs is 10. The number of hydrogen-bond acceptors (Lipinski definition) is 3. The van der Waals surface area contributed by atoms with Crippen LogP contribution in [0.25, 0.3) is 38.7 Å². The monoisotopic (exact) mass is 308 g/mol. The van der Waals surface area contributed by atoms with Gasteiger partial charge in [0.25, 0.3) is 0 Å². The third-order valence-electron chi connectivity index (χ3n) is 4.95. The molecular weight excluding hydrogens is 296 g/mol. The Labute approximate surface area is 137 Å². The summed E-state index contributed by atoms with van der Waals surface area (Å²) in [4.78, 5) is 14.0. The second-order valence-electron chi connectivity index (χ2n) is 6.19. The van der Waals surface area contributed by atoms with Gasteiger partial charge in [-0.15, -0.1) is 0 Å². The molecule has 0 N–H and O–H groups in total. The van der Waals surface area contributed by atoms with Gasteiger partial charge in [0, 0.05) is 35.2 Å². The highest BCUT2D eigenvalue weighted by Crippen LogP contribution is 2.39. The van der Waals surface area contributed by atoms with Crippen LogP contribution in [0, 0.1) is 0 Å². The SMILES string of the molecule is c1ccc2c(c1)Cc1c-2nc2c3cccnc3c3ccncc3n12. The first kappa shape index (κ1) is 12.2. The maximum Gasteiger partial charge on any atom is 0.147 e. The number of pyridine rings is 3. The van der Waals surface area contributed by atoms with E-state index in [4.69, 9.17) is 4.98 Å². The summed E-state index contributed by atoms with van der Waals surface area (Å²) in [6.45, 7) is 0. The molecule has 1 aliphatic carbocycles. The molecule has 0 unspecified atom stereocenters. The topological polar surface area (TPSA) is 43.1 Å². The second kappa shape index (κ2) is 4.17. The highest BCUT2D eigenvalue weighted by molar-refractivity contribution is 6.10. The molecule has 0 aliphatic heterocycles. The van der Waals surface area contributed by atoms with Crippen molar-refractivity contribution in [3.05, 3.63) is 72.3 Å². The van der Waals surface area contributed by atoms with Crippen LogP contribution in [0.15, 0.2) is 61.1 Å². The van der Waals surface area contributed by atoms with E-state index in [0.717, 1.165) is 39.6 Å². The van der Waals surface area contributed by atoms with Crippen molar-refractivity contribution in [2.45, 2.75) is 6.42 Å². The van der Waals surface area contributed by atoms with Crippen LogP contribution in [0.4, 0.5) is 0 Å². The molecule has 0 spiro atoms. The van der Waals surface area contributed by atoms with Gasteiger partial charge in [-0.2, -0.15) is 0 Å². The summed E-state index contributed by atoms with van der Waals surface area (Å²) in [7, 11) is 0. The number of hydrogen-bond donors (Lipinski definition) is 0. The quantitative estimate of drug-likeness (QED) is 0.398. The smallest absolute Gasteiger partial charge is 0.147 e. The minimum absolute atomic E-state index is 0.905. The van der Waals surface area contributed by atoms with Gasteiger partial charge in [-0.3, -0.25) is 14.4 Å². The number of nitrogens with zero attached hydrogens (tertiary/aromatic N) is 4. The van der Waals surface area contributed by atoms with E-state index in [1.807, 2.05) is 30.7 Å². The molecule has 1 aromatic carbocycles. The molecule has 4 nitrogen and oxygen atoms in total. The predicted molar refractivity (Wildman–Crippen MR) is 94.0 cm³/mol. The average Bonchev–Trinajstić information content (AvgIpc) is 3.18. The summed E-state index contributed by atoms with van der Waals surface area (Å²) in [5.41, 5.74) is 7.94. The molecule has 0 saturated heterocycles. The molecule has 112 valence electrons. The van der Waals surface area contributed by atoms with Crippen LogP contribution in [0.2, 0.25) is 0 Å². The highest BCUT2D eigenvalue weighted by atomic mass is 15.0. The van der Waals surface area contributed by atoms with Gasteiger partial charge in [0.15, 0.2) is 0 Å². The van der Waals surface area contributed by atoms with Crippen molar-refractivity contribution in [3.8, 4) is 11.3 Å². The lowest BCUT2D eigenvalue weighted by atomic mass is 10.1. The Balaban J connectivity index is 1.90. The van der Waals surface area contributed by atoms with Crippen LogP contribution in [0.5, 0.6) is 0 Å². The Morgan fingerprint density at radius 1 is 0.917 bits per heavy atom. The minimum atomic E-state index is 0.905. The van der Waals surface area contributed by atoms with Gasteiger partial charge >= 0.3 is 0 Å². The summed E-state index contributed by atoms with van der Waals surface area (Å²) in [6, 6.07) is 14.6. The Kier molecular flexibility index (Phi) is 2.12. The lowest BCUT2D eigenvalue weighted by Gasteiger charge is -2.08. The molecular formula is C20H12N4. The van der Waals surface area contributed by atoms with Crippen molar-refractivity contribution < 1.29 is 0 Å². The van der Waals surface area contributed by atoms with E-state index in [9.17, 15) is 0 Å². The first-order valence-electron chi connectivity index (χ1n) is 8.02. The molecule has 5 aromatic rings. The van der Waals surface area contributed by atoms with Crippen molar-refractivity contribution >= 4 is 27.5 Å². The zero-order chi connectivity index (χ0) is 15.7. The number of benzene rings is 1. The van der Waals surface area contributed by atoms with Crippen LogP contribution >= 0.6 is 0 Å². The van der Waals surface area contributed by atoms with E-state index >= 15 is 0 Å². The van der Waals surface area contributed by atoms with Crippen molar-refractivity contribution in [1.29, 1.82) is 0 Å². The zero-order valence-corrected chi connectivity index (χ0v) is 12.8. The van der Waals surface area contributed by atoms with Gasteiger partial charge < -0.3 is 0 Å². The molecule has 0 saturated carbocycles. The van der Waals surface area contributed by atoms with Crippen molar-refractivity contribution in [1.82, 2.24) is 19.4 Å². The number of aromatic nitrogens is 4. The summed E-state index contributed by atoms with van der Waals surface area (Å²) >= 11 is 0. The van der Waals surface area contributed by atoms with Crippen LogP contribution in [0.3, 0.4) is 0 Å². The van der Waals surface area contributed by atoms with Crippen LogP contribution < -0.4 is 0 Å². The van der Waals surface area contributed by atoms with E-state index in [-0.39, 0.29) is 0 Å². The molecule has 0 bridgehead atoms. The summed E-state index contributed by atoms with van der Waals surface area (Å²) in [6.07, 6.45) is 6.49. The largest absolute Gasteiger partial charge is 0.293 e. The maximum absolute atomic E-state index is 5.01. The fourth-order valence-corrected chi connectivity index (χ4v) is 3.92. The lowest BCUT2D eigenvalue weighted by molar-refractivity contribution is 1.09. The number of imidazole rings is 1.